The Morgan fingerprint density at radius 2 is 1.81 bits per heavy atom. The first kappa shape index (κ1) is 14.6. The lowest BCUT2D eigenvalue weighted by Crippen LogP contribution is -2.19. The Morgan fingerprint density at radius 3 is 2.43 bits per heavy atom. The zero-order valence-electron chi connectivity index (χ0n) is 11.4. The third-order valence-electron chi connectivity index (χ3n) is 2.99. The van der Waals surface area contributed by atoms with Crippen molar-refractivity contribution in [1.82, 2.24) is 0 Å². The number of amides is 2. The van der Waals surface area contributed by atoms with Gasteiger partial charge in [-0.2, -0.15) is 0 Å². The van der Waals surface area contributed by atoms with Gasteiger partial charge >= 0.3 is 6.03 Å². The van der Waals surface area contributed by atoms with Crippen molar-refractivity contribution < 1.29 is 14.3 Å². The summed E-state index contributed by atoms with van der Waals surface area (Å²) in [6.07, 6.45) is 0. The number of urea groups is 1. The average molecular weight is 289 g/mol. The maximum absolute atomic E-state index is 13.2. The van der Waals surface area contributed by atoms with Gasteiger partial charge in [-0.3, -0.25) is 0 Å². The summed E-state index contributed by atoms with van der Waals surface area (Å²) >= 11 is 0. The molecule has 2 rings (SSSR count). The zero-order valence-corrected chi connectivity index (χ0v) is 11.4. The highest BCUT2D eigenvalue weighted by atomic mass is 19.1. The standard InChI is InChI=1S/C15H16FN3O2/c1-9(13-8-10(16)2-7-14(13)20)18-11-3-5-12(6-4-11)19-15(17)21/h2-9,18,20H,1H3,(H3,17,19,21). The highest BCUT2D eigenvalue weighted by molar-refractivity contribution is 5.87. The van der Waals surface area contributed by atoms with Gasteiger partial charge in [0, 0.05) is 16.9 Å². The van der Waals surface area contributed by atoms with Crippen LogP contribution in [0.3, 0.4) is 0 Å². The Kier molecular flexibility index (Phi) is 4.27. The first-order valence-electron chi connectivity index (χ1n) is 6.37. The normalized spacial score (nSPS) is 11.7. The molecule has 0 aliphatic rings. The molecule has 110 valence electrons. The van der Waals surface area contributed by atoms with Crippen molar-refractivity contribution in [3.05, 3.63) is 53.8 Å². The molecule has 0 aromatic heterocycles. The van der Waals surface area contributed by atoms with E-state index in [1.165, 1.54) is 18.2 Å². The Morgan fingerprint density at radius 1 is 1.19 bits per heavy atom. The average Bonchev–Trinajstić information content (AvgIpc) is 2.43. The third kappa shape index (κ3) is 3.85. The minimum Gasteiger partial charge on any atom is -0.508 e. The zero-order chi connectivity index (χ0) is 15.4. The van der Waals surface area contributed by atoms with Crippen LogP contribution in [-0.4, -0.2) is 11.1 Å². The first-order chi connectivity index (χ1) is 9.95. The van der Waals surface area contributed by atoms with Gasteiger partial charge in [0.2, 0.25) is 0 Å². The van der Waals surface area contributed by atoms with Gasteiger partial charge in [-0.05, 0) is 49.4 Å². The Balaban J connectivity index is 2.10. The molecule has 2 amide bonds. The summed E-state index contributed by atoms with van der Waals surface area (Å²) in [6, 6.07) is 9.77. The van der Waals surface area contributed by atoms with Crippen LogP contribution in [-0.2, 0) is 0 Å². The maximum Gasteiger partial charge on any atom is 0.316 e. The molecule has 0 bridgehead atoms. The van der Waals surface area contributed by atoms with Gasteiger partial charge in [-0.1, -0.05) is 0 Å². The number of hydrogen-bond donors (Lipinski definition) is 4. The number of halogens is 1. The van der Waals surface area contributed by atoms with E-state index in [9.17, 15) is 14.3 Å². The summed E-state index contributed by atoms with van der Waals surface area (Å²) < 4.78 is 13.2. The van der Waals surface area contributed by atoms with Crippen LogP contribution in [0.4, 0.5) is 20.6 Å². The number of rotatable bonds is 4. The van der Waals surface area contributed by atoms with Crippen molar-refractivity contribution in [2.45, 2.75) is 13.0 Å². The molecule has 0 radical (unpaired) electrons. The highest BCUT2D eigenvalue weighted by Gasteiger charge is 2.11. The van der Waals surface area contributed by atoms with E-state index < -0.39 is 11.8 Å². The molecule has 1 unspecified atom stereocenters. The van der Waals surface area contributed by atoms with Crippen LogP contribution >= 0.6 is 0 Å². The van der Waals surface area contributed by atoms with E-state index in [-0.39, 0.29) is 11.8 Å². The van der Waals surface area contributed by atoms with Crippen molar-refractivity contribution >= 4 is 17.4 Å². The van der Waals surface area contributed by atoms with Gasteiger partial charge in [0.25, 0.3) is 0 Å². The van der Waals surface area contributed by atoms with Crippen molar-refractivity contribution in [3.63, 3.8) is 0 Å². The number of hydrogen-bond acceptors (Lipinski definition) is 3. The molecule has 0 saturated carbocycles. The molecule has 5 N–H and O–H groups in total. The predicted octanol–water partition coefficient (Wildman–Crippen LogP) is 3.20. The van der Waals surface area contributed by atoms with E-state index in [2.05, 4.69) is 10.6 Å². The third-order valence-corrected chi connectivity index (χ3v) is 2.99. The van der Waals surface area contributed by atoms with E-state index in [0.717, 1.165) is 5.69 Å². The number of carbonyl (C=O) groups excluding carboxylic acids is 1. The number of phenolic OH excluding ortho intramolecular Hbond substituents is 1. The largest absolute Gasteiger partial charge is 0.508 e. The van der Waals surface area contributed by atoms with E-state index in [0.29, 0.717) is 11.3 Å². The number of carbonyl (C=O) groups is 1. The maximum atomic E-state index is 13.2. The molecule has 0 saturated heterocycles. The van der Waals surface area contributed by atoms with Crippen LogP contribution in [0, 0.1) is 5.82 Å². The molecule has 21 heavy (non-hydrogen) atoms. The topological polar surface area (TPSA) is 87.4 Å². The molecule has 0 aliphatic heterocycles. The lowest BCUT2D eigenvalue weighted by molar-refractivity contribution is 0.259. The molecule has 0 fully saturated rings. The molecule has 5 nitrogen and oxygen atoms in total. The molecule has 0 heterocycles. The highest BCUT2D eigenvalue weighted by Crippen LogP contribution is 2.28. The summed E-state index contributed by atoms with van der Waals surface area (Å²) in [7, 11) is 0. The first-order valence-corrected chi connectivity index (χ1v) is 6.37. The summed E-state index contributed by atoms with van der Waals surface area (Å²) in [5.74, 6) is -0.374. The molecular weight excluding hydrogens is 273 g/mol. The number of phenols is 1. The summed E-state index contributed by atoms with van der Waals surface area (Å²) in [5, 5.41) is 15.3. The molecule has 0 aliphatic carbocycles. The van der Waals surface area contributed by atoms with Gasteiger partial charge in [-0.25, -0.2) is 9.18 Å². The molecule has 2 aromatic carbocycles. The van der Waals surface area contributed by atoms with Gasteiger partial charge in [0.05, 0.1) is 6.04 Å². The van der Waals surface area contributed by atoms with E-state index in [4.69, 9.17) is 5.73 Å². The SMILES string of the molecule is CC(Nc1ccc(NC(N)=O)cc1)c1cc(F)ccc1O. The van der Waals surface area contributed by atoms with Crippen molar-refractivity contribution in [1.29, 1.82) is 0 Å². The molecule has 2 aromatic rings. The van der Waals surface area contributed by atoms with Gasteiger partial charge in [0.1, 0.15) is 11.6 Å². The fourth-order valence-electron chi connectivity index (χ4n) is 1.99. The van der Waals surface area contributed by atoms with Crippen molar-refractivity contribution in [3.8, 4) is 5.75 Å². The molecular formula is C15H16FN3O2. The van der Waals surface area contributed by atoms with Crippen LogP contribution in [0.2, 0.25) is 0 Å². The van der Waals surface area contributed by atoms with E-state index in [1.54, 1.807) is 24.3 Å². The number of nitrogens with two attached hydrogens (primary N) is 1. The fraction of sp³-hybridized carbons (Fsp3) is 0.133. The van der Waals surface area contributed by atoms with Crippen molar-refractivity contribution in [2.24, 2.45) is 5.73 Å². The van der Waals surface area contributed by atoms with E-state index in [1.807, 2.05) is 6.92 Å². The minimum absolute atomic E-state index is 0.0309. The van der Waals surface area contributed by atoms with Gasteiger partial charge in [-0.15, -0.1) is 0 Å². The molecule has 0 spiro atoms. The summed E-state index contributed by atoms with van der Waals surface area (Å²) in [4.78, 5) is 10.7. The summed E-state index contributed by atoms with van der Waals surface area (Å²) in [5.41, 5.74) is 6.83. The number of primary amides is 1. The molecule has 6 heteroatoms. The van der Waals surface area contributed by atoms with Gasteiger partial charge < -0.3 is 21.5 Å². The lowest BCUT2D eigenvalue weighted by atomic mass is 10.1. The Bertz CT molecular complexity index is 644. The van der Waals surface area contributed by atoms with E-state index >= 15 is 0 Å². The van der Waals surface area contributed by atoms with Crippen LogP contribution in [0.5, 0.6) is 5.75 Å². The number of nitrogens with one attached hydrogen (secondary N) is 2. The predicted molar refractivity (Wildman–Crippen MR) is 79.8 cm³/mol. The second-order valence-electron chi connectivity index (χ2n) is 4.64. The van der Waals surface area contributed by atoms with Crippen molar-refractivity contribution in [2.75, 3.05) is 10.6 Å². The van der Waals surface area contributed by atoms with Crippen LogP contribution in [0.25, 0.3) is 0 Å². The second-order valence-corrected chi connectivity index (χ2v) is 4.64. The lowest BCUT2D eigenvalue weighted by Gasteiger charge is -2.17. The van der Waals surface area contributed by atoms with Crippen LogP contribution in [0.1, 0.15) is 18.5 Å². The smallest absolute Gasteiger partial charge is 0.316 e. The quantitative estimate of drug-likeness (QED) is 0.697. The van der Waals surface area contributed by atoms with Gasteiger partial charge in [0.15, 0.2) is 0 Å². The Hall–Kier alpha value is -2.76. The summed E-state index contributed by atoms with van der Waals surface area (Å²) in [6.45, 7) is 1.81. The number of benzene rings is 2. The minimum atomic E-state index is -0.631. The van der Waals surface area contributed by atoms with Crippen LogP contribution < -0.4 is 16.4 Å². The van der Waals surface area contributed by atoms with Crippen LogP contribution in [0.15, 0.2) is 42.5 Å². The molecule has 1 atom stereocenters. The number of aromatic hydroxyl groups is 1. The fourth-order valence-corrected chi connectivity index (χ4v) is 1.99. The Labute approximate surface area is 121 Å². The number of anilines is 2. The monoisotopic (exact) mass is 289 g/mol. The second kappa shape index (κ2) is 6.13.